The van der Waals surface area contributed by atoms with E-state index in [1.165, 1.54) is 17.4 Å². The predicted octanol–water partition coefficient (Wildman–Crippen LogP) is 3.41. The third-order valence-electron chi connectivity index (χ3n) is 3.41. The van der Waals surface area contributed by atoms with Crippen molar-refractivity contribution >= 4 is 6.21 Å². The Morgan fingerprint density at radius 3 is 2.65 bits per heavy atom. The number of allylic oxidation sites excluding steroid dienone is 1. The summed E-state index contributed by atoms with van der Waals surface area (Å²) in [4.78, 5) is 0. The molecule has 0 spiro atoms. The van der Waals surface area contributed by atoms with Crippen LogP contribution in [0, 0.1) is 0 Å². The second-order valence-electron chi connectivity index (χ2n) is 4.59. The Morgan fingerprint density at radius 2 is 2.00 bits per heavy atom. The second-order valence-corrected chi connectivity index (χ2v) is 4.59. The number of aromatic hydroxyl groups is 1. The van der Waals surface area contributed by atoms with Crippen molar-refractivity contribution in [3.8, 4) is 5.75 Å². The summed E-state index contributed by atoms with van der Waals surface area (Å²) in [5, 5.41) is 21.1. The van der Waals surface area contributed by atoms with E-state index in [0.717, 1.165) is 25.7 Å². The topological polar surface area (TPSA) is 52.8 Å². The van der Waals surface area contributed by atoms with E-state index < -0.39 is 0 Å². The van der Waals surface area contributed by atoms with Crippen LogP contribution in [0.4, 0.5) is 0 Å². The minimum atomic E-state index is 0.145. The normalized spacial score (nSPS) is 17.8. The average Bonchev–Trinajstić information content (AvgIpc) is 2.33. The van der Waals surface area contributed by atoms with Gasteiger partial charge in [0.05, 0.1) is 6.21 Å². The Kier molecular flexibility index (Phi) is 3.47. The zero-order valence-corrected chi connectivity index (χ0v) is 9.76. The highest BCUT2D eigenvalue weighted by Gasteiger charge is 2.18. The van der Waals surface area contributed by atoms with Crippen LogP contribution in [0.2, 0.25) is 0 Å². The molecule has 2 N–H and O–H groups in total. The number of rotatable bonds is 2. The maximum absolute atomic E-state index is 9.59. The number of phenols is 1. The van der Waals surface area contributed by atoms with Crippen LogP contribution in [0.3, 0.4) is 0 Å². The smallest absolute Gasteiger partial charge is 0.124 e. The zero-order valence-electron chi connectivity index (χ0n) is 9.76. The third-order valence-corrected chi connectivity index (χ3v) is 3.41. The fourth-order valence-corrected chi connectivity index (χ4v) is 2.35. The monoisotopic (exact) mass is 231 g/mol. The van der Waals surface area contributed by atoms with Crippen molar-refractivity contribution in [1.82, 2.24) is 0 Å². The number of benzene rings is 1. The first-order valence-corrected chi connectivity index (χ1v) is 5.87. The van der Waals surface area contributed by atoms with E-state index in [2.05, 4.69) is 11.7 Å². The van der Waals surface area contributed by atoms with E-state index in [4.69, 9.17) is 5.21 Å². The van der Waals surface area contributed by atoms with Gasteiger partial charge in [0, 0.05) is 5.56 Å². The molecule has 0 radical (unpaired) electrons. The van der Waals surface area contributed by atoms with Crippen molar-refractivity contribution < 1.29 is 10.3 Å². The lowest BCUT2D eigenvalue weighted by atomic mass is 9.82. The Balaban J connectivity index is 2.21. The summed E-state index contributed by atoms with van der Waals surface area (Å²) >= 11 is 0. The lowest BCUT2D eigenvalue weighted by molar-refractivity contribution is 0.321. The van der Waals surface area contributed by atoms with Crippen molar-refractivity contribution in [2.24, 2.45) is 5.16 Å². The molecule has 17 heavy (non-hydrogen) atoms. The lowest BCUT2D eigenvalue weighted by Crippen LogP contribution is -2.06. The van der Waals surface area contributed by atoms with Gasteiger partial charge in [-0.15, -0.1) is 0 Å². The van der Waals surface area contributed by atoms with Crippen LogP contribution in [0.15, 0.2) is 35.5 Å². The molecule has 0 bridgehead atoms. The van der Waals surface area contributed by atoms with Crippen LogP contribution in [0.5, 0.6) is 5.75 Å². The molecule has 90 valence electrons. The van der Waals surface area contributed by atoms with Gasteiger partial charge >= 0.3 is 0 Å². The van der Waals surface area contributed by atoms with Gasteiger partial charge in [0.25, 0.3) is 0 Å². The minimum Gasteiger partial charge on any atom is -0.507 e. The molecule has 3 heteroatoms. The van der Waals surface area contributed by atoms with Gasteiger partial charge < -0.3 is 10.3 Å². The Hall–Kier alpha value is -1.77. The van der Waals surface area contributed by atoms with Crippen LogP contribution in [0.25, 0.3) is 0 Å². The summed E-state index contributed by atoms with van der Waals surface area (Å²) in [6.45, 7) is 4.01. The summed E-state index contributed by atoms with van der Waals surface area (Å²) in [7, 11) is 0. The molecule has 3 nitrogen and oxygen atoms in total. The minimum absolute atomic E-state index is 0.145. The number of oxime groups is 1. The van der Waals surface area contributed by atoms with Crippen LogP contribution in [0.1, 0.15) is 42.7 Å². The van der Waals surface area contributed by atoms with E-state index in [0.29, 0.717) is 11.5 Å². The number of hydrogen-bond acceptors (Lipinski definition) is 3. The van der Waals surface area contributed by atoms with Crippen molar-refractivity contribution in [1.29, 1.82) is 0 Å². The number of nitrogens with zero attached hydrogens (tertiary/aromatic N) is 1. The average molecular weight is 231 g/mol. The fraction of sp³-hybridized carbons (Fsp3) is 0.357. The molecule has 1 saturated carbocycles. The molecule has 0 aliphatic heterocycles. The van der Waals surface area contributed by atoms with Gasteiger partial charge in [-0.1, -0.05) is 23.4 Å². The standard InChI is InChI=1S/C14H17NO2/c1-10-2-4-11(5-3-10)12-6-7-14(16)13(8-12)9-15-17/h6-9,11,16-17H,1-5H2. The Morgan fingerprint density at radius 1 is 1.29 bits per heavy atom. The van der Waals surface area contributed by atoms with Gasteiger partial charge in [-0.05, 0) is 49.3 Å². The molecule has 1 aliphatic carbocycles. The highest BCUT2D eigenvalue weighted by Crippen LogP contribution is 2.35. The van der Waals surface area contributed by atoms with E-state index in [-0.39, 0.29) is 5.75 Å². The van der Waals surface area contributed by atoms with Crippen LogP contribution in [-0.2, 0) is 0 Å². The molecule has 0 unspecified atom stereocenters. The summed E-state index contributed by atoms with van der Waals surface area (Å²) in [5.74, 6) is 0.665. The van der Waals surface area contributed by atoms with Gasteiger partial charge in [-0.2, -0.15) is 0 Å². The summed E-state index contributed by atoms with van der Waals surface area (Å²) < 4.78 is 0. The summed E-state index contributed by atoms with van der Waals surface area (Å²) in [6, 6.07) is 5.51. The van der Waals surface area contributed by atoms with E-state index in [1.54, 1.807) is 6.07 Å². The first-order valence-electron chi connectivity index (χ1n) is 5.87. The molecule has 2 rings (SSSR count). The maximum Gasteiger partial charge on any atom is 0.124 e. The highest BCUT2D eigenvalue weighted by molar-refractivity contribution is 5.83. The predicted molar refractivity (Wildman–Crippen MR) is 67.8 cm³/mol. The lowest BCUT2D eigenvalue weighted by Gasteiger charge is -2.24. The van der Waals surface area contributed by atoms with Crippen molar-refractivity contribution in [3.63, 3.8) is 0 Å². The van der Waals surface area contributed by atoms with E-state index in [9.17, 15) is 5.11 Å². The van der Waals surface area contributed by atoms with Crippen molar-refractivity contribution in [2.75, 3.05) is 0 Å². The molecular formula is C14H17NO2. The number of phenolic OH excluding ortho intramolecular Hbond substituents is 1. The molecule has 1 fully saturated rings. The molecular weight excluding hydrogens is 214 g/mol. The Bertz CT molecular complexity index is 442. The van der Waals surface area contributed by atoms with Gasteiger partial charge in [0.1, 0.15) is 5.75 Å². The molecule has 0 heterocycles. The fourth-order valence-electron chi connectivity index (χ4n) is 2.35. The van der Waals surface area contributed by atoms with Crippen LogP contribution >= 0.6 is 0 Å². The second kappa shape index (κ2) is 5.04. The summed E-state index contributed by atoms with van der Waals surface area (Å²) in [6.07, 6.45) is 5.64. The molecule has 1 aromatic rings. The molecule has 0 atom stereocenters. The van der Waals surface area contributed by atoms with E-state index >= 15 is 0 Å². The largest absolute Gasteiger partial charge is 0.507 e. The molecule has 1 aliphatic rings. The van der Waals surface area contributed by atoms with Gasteiger partial charge in [-0.3, -0.25) is 0 Å². The Labute approximate surface area is 101 Å². The first kappa shape index (κ1) is 11.7. The van der Waals surface area contributed by atoms with E-state index in [1.807, 2.05) is 12.1 Å². The van der Waals surface area contributed by atoms with Crippen LogP contribution < -0.4 is 0 Å². The van der Waals surface area contributed by atoms with Crippen LogP contribution in [-0.4, -0.2) is 16.5 Å². The quantitative estimate of drug-likeness (QED) is 0.354. The summed E-state index contributed by atoms with van der Waals surface area (Å²) in [5.41, 5.74) is 3.09. The van der Waals surface area contributed by atoms with Gasteiger partial charge in [0.15, 0.2) is 0 Å². The highest BCUT2D eigenvalue weighted by atomic mass is 16.4. The van der Waals surface area contributed by atoms with Gasteiger partial charge in [-0.25, -0.2) is 0 Å². The molecule has 0 saturated heterocycles. The SMILES string of the molecule is C=C1CCC(c2ccc(O)c(C=NO)c2)CC1. The molecule has 0 aromatic heterocycles. The molecule has 0 amide bonds. The molecule has 1 aromatic carbocycles. The first-order chi connectivity index (χ1) is 8.20. The maximum atomic E-state index is 9.59. The zero-order chi connectivity index (χ0) is 12.3. The van der Waals surface area contributed by atoms with Crippen molar-refractivity contribution in [3.05, 3.63) is 41.5 Å². The van der Waals surface area contributed by atoms with Crippen molar-refractivity contribution in [2.45, 2.75) is 31.6 Å². The number of hydrogen-bond donors (Lipinski definition) is 2. The van der Waals surface area contributed by atoms with Gasteiger partial charge in [0.2, 0.25) is 0 Å². The third kappa shape index (κ3) is 2.67.